The summed E-state index contributed by atoms with van der Waals surface area (Å²) in [6.07, 6.45) is 0. The minimum atomic E-state index is -0.0840. The molecule has 4 nitrogen and oxygen atoms in total. The van der Waals surface area contributed by atoms with Crippen LogP contribution in [0.4, 0.5) is 5.69 Å². The Hall–Kier alpha value is -1.48. The number of carbonyl (C=O) groups excluding carboxylic acids is 1. The molecule has 1 heterocycles. The van der Waals surface area contributed by atoms with Crippen molar-refractivity contribution in [3.63, 3.8) is 0 Å². The molecule has 122 valence electrons. The fraction of sp³-hybridized carbons (Fsp3) is 0.0625. The lowest BCUT2D eigenvalue weighted by molar-refractivity contribution is -0.113. The molecule has 0 aliphatic rings. The third kappa shape index (κ3) is 4.32. The van der Waals surface area contributed by atoms with Crippen LogP contribution >= 0.6 is 51.2 Å². The summed E-state index contributed by atoms with van der Waals surface area (Å²) < 4.78 is 4.00. The van der Waals surface area contributed by atoms with Gasteiger partial charge in [0.2, 0.25) is 5.91 Å². The number of nitrogens with zero attached hydrogens (tertiary/aromatic N) is 2. The van der Waals surface area contributed by atoms with Crippen molar-refractivity contribution in [1.82, 2.24) is 9.78 Å². The summed E-state index contributed by atoms with van der Waals surface area (Å²) in [6, 6.07) is 17.2. The molecular formula is C16H12BrN3OS3. The first-order valence-electron chi connectivity index (χ1n) is 6.96. The Bertz CT molecular complexity index is 908. The van der Waals surface area contributed by atoms with Crippen LogP contribution in [-0.2, 0) is 4.79 Å². The van der Waals surface area contributed by atoms with E-state index in [1.165, 1.54) is 23.1 Å². The number of carbonyl (C=O) groups is 1. The maximum absolute atomic E-state index is 12.1. The first-order chi connectivity index (χ1) is 11.6. The lowest BCUT2D eigenvalue weighted by Gasteiger charge is -2.05. The maximum atomic E-state index is 12.1. The number of anilines is 1. The van der Waals surface area contributed by atoms with Gasteiger partial charge in [0.05, 0.1) is 17.1 Å². The summed E-state index contributed by atoms with van der Waals surface area (Å²) in [5.74, 6) is 0.192. The Morgan fingerprint density at radius 1 is 1.21 bits per heavy atom. The summed E-state index contributed by atoms with van der Waals surface area (Å²) in [6.45, 7) is 0. The van der Waals surface area contributed by atoms with Gasteiger partial charge in [-0.05, 0) is 52.4 Å². The molecule has 24 heavy (non-hydrogen) atoms. The number of rotatable bonds is 5. The zero-order chi connectivity index (χ0) is 16.9. The number of amides is 1. The molecule has 0 saturated heterocycles. The Morgan fingerprint density at radius 3 is 2.67 bits per heavy atom. The molecule has 0 radical (unpaired) electrons. The number of hydrogen-bond donors (Lipinski definition) is 1. The van der Waals surface area contributed by atoms with Gasteiger partial charge < -0.3 is 5.32 Å². The highest BCUT2D eigenvalue weighted by molar-refractivity contribution is 9.10. The first kappa shape index (κ1) is 17.3. The van der Waals surface area contributed by atoms with Crippen LogP contribution in [0.3, 0.4) is 0 Å². The van der Waals surface area contributed by atoms with Gasteiger partial charge in [-0.1, -0.05) is 53.4 Å². The number of halogens is 1. The second-order valence-corrected chi connectivity index (χ2v) is 8.40. The minimum absolute atomic E-state index is 0.0840. The van der Waals surface area contributed by atoms with Gasteiger partial charge >= 0.3 is 0 Å². The third-order valence-corrected chi connectivity index (χ3v) is 6.06. The molecular weight excluding hydrogens is 426 g/mol. The average molecular weight is 438 g/mol. The van der Waals surface area contributed by atoms with E-state index in [4.69, 9.17) is 12.2 Å². The zero-order valence-electron chi connectivity index (χ0n) is 12.3. The Balaban J connectivity index is 1.64. The van der Waals surface area contributed by atoms with Gasteiger partial charge in [0.15, 0.2) is 8.29 Å². The van der Waals surface area contributed by atoms with Crippen molar-refractivity contribution in [3.05, 3.63) is 63.0 Å². The van der Waals surface area contributed by atoms with Crippen molar-refractivity contribution in [3.8, 4) is 5.69 Å². The maximum Gasteiger partial charge on any atom is 0.234 e. The van der Waals surface area contributed by atoms with Crippen molar-refractivity contribution in [1.29, 1.82) is 0 Å². The van der Waals surface area contributed by atoms with Crippen molar-refractivity contribution < 1.29 is 4.79 Å². The monoisotopic (exact) mass is 437 g/mol. The zero-order valence-corrected chi connectivity index (χ0v) is 16.3. The second kappa shape index (κ2) is 8.06. The van der Waals surface area contributed by atoms with Gasteiger partial charge in [-0.15, -0.1) is 5.10 Å². The molecule has 1 N–H and O–H groups in total. The molecule has 1 amide bonds. The summed E-state index contributed by atoms with van der Waals surface area (Å²) in [5, 5.41) is 7.35. The number of benzene rings is 2. The normalized spacial score (nSPS) is 10.5. The molecule has 0 saturated carbocycles. The SMILES string of the molecule is O=C(CSc1nn(-c2ccccc2)c(=S)s1)Nc1ccccc1Br. The van der Waals surface area contributed by atoms with E-state index in [1.807, 2.05) is 54.6 Å². The molecule has 8 heteroatoms. The minimum Gasteiger partial charge on any atom is -0.324 e. The van der Waals surface area contributed by atoms with Crippen molar-refractivity contribution in [2.45, 2.75) is 4.34 Å². The molecule has 0 unspecified atom stereocenters. The van der Waals surface area contributed by atoms with Gasteiger partial charge in [-0.2, -0.15) is 0 Å². The number of hydrogen-bond acceptors (Lipinski definition) is 5. The van der Waals surface area contributed by atoms with E-state index in [0.29, 0.717) is 3.95 Å². The Morgan fingerprint density at radius 2 is 1.92 bits per heavy atom. The number of para-hydroxylation sites is 2. The highest BCUT2D eigenvalue weighted by Crippen LogP contribution is 2.25. The van der Waals surface area contributed by atoms with E-state index in [9.17, 15) is 4.79 Å². The molecule has 1 aromatic heterocycles. The average Bonchev–Trinajstić information content (AvgIpc) is 2.97. The molecule has 2 aromatic carbocycles. The predicted octanol–water partition coefficient (Wildman–Crippen LogP) is 5.16. The van der Waals surface area contributed by atoms with Crippen LogP contribution in [0, 0.1) is 3.95 Å². The first-order valence-corrected chi connectivity index (χ1v) is 9.96. The summed E-state index contributed by atoms with van der Waals surface area (Å²) in [7, 11) is 0. The molecule has 3 rings (SSSR count). The summed E-state index contributed by atoms with van der Waals surface area (Å²) in [5.41, 5.74) is 1.67. The number of nitrogens with one attached hydrogen (secondary N) is 1. The van der Waals surface area contributed by atoms with Crippen molar-refractivity contribution in [2.24, 2.45) is 0 Å². The summed E-state index contributed by atoms with van der Waals surface area (Å²) in [4.78, 5) is 12.1. The van der Waals surface area contributed by atoms with Gasteiger partial charge in [-0.25, -0.2) is 4.68 Å². The number of thioether (sulfide) groups is 1. The Labute approximate surface area is 161 Å². The lowest BCUT2D eigenvalue weighted by Crippen LogP contribution is -2.14. The van der Waals surface area contributed by atoms with E-state index in [2.05, 4.69) is 26.3 Å². The summed E-state index contributed by atoms with van der Waals surface area (Å²) >= 11 is 11.5. The fourth-order valence-corrected chi connectivity index (χ4v) is 4.47. The van der Waals surface area contributed by atoms with E-state index >= 15 is 0 Å². The topological polar surface area (TPSA) is 46.9 Å². The van der Waals surface area contributed by atoms with E-state index < -0.39 is 0 Å². The highest BCUT2D eigenvalue weighted by Gasteiger charge is 2.10. The number of aromatic nitrogens is 2. The van der Waals surface area contributed by atoms with Crippen molar-refractivity contribution in [2.75, 3.05) is 11.1 Å². The molecule has 3 aromatic rings. The van der Waals surface area contributed by atoms with Crippen LogP contribution in [0.1, 0.15) is 0 Å². The van der Waals surface area contributed by atoms with Gasteiger partial charge in [-0.3, -0.25) is 4.79 Å². The second-order valence-electron chi connectivity index (χ2n) is 4.70. The molecule has 0 fully saturated rings. The standard InChI is InChI=1S/C16H12BrN3OS3/c17-12-8-4-5-9-13(12)18-14(21)10-23-15-19-20(16(22)24-15)11-6-2-1-3-7-11/h1-9H,10H2,(H,18,21). The van der Waals surface area contributed by atoms with Crippen LogP contribution in [0.2, 0.25) is 0 Å². The van der Waals surface area contributed by atoms with Crippen molar-refractivity contribution >= 4 is 62.8 Å². The Kier molecular flexibility index (Phi) is 5.83. The van der Waals surface area contributed by atoms with Crippen LogP contribution in [0.25, 0.3) is 5.69 Å². The molecule has 0 spiro atoms. The van der Waals surface area contributed by atoms with E-state index in [-0.39, 0.29) is 11.7 Å². The molecule has 0 aliphatic carbocycles. The van der Waals surface area contributed by atoms with Crippen LogP contribution in [0.15, 0.2) is 63.4 Å². The van der Waals surface area contributed by atoms with Crippen LogP contribution in [0.5, 0.6) is 0 Å². The smallest absolute Gasteiger partial charge is 0.234 e. The van der Waals surface area contributed by atoms with E-state index in [1.54, 1.807) is 4.68 Å². The van der Waals surface area contributed by atoms with Crippen LogP contribution < -0.4 is 5.32 Å². The molecule has 0 atom stereocenters. The predicted molar refractivity (Wildman–Crippen MR) is 106 cm³/mol. The molecule has 0 bridgehead atoms. The quantitative estimate of drug-likeness (QED) is 0.442. The van der Waals surface area contributed by atoms with E-state index in [0.717, 1.165) is 20.2 Å². The highest BCUT2D eigenvalue weighted by atomic mass is 79.9. The molecule has 0 aliphatic heterocycles. The van der Waals surface area contributed by atoms with Gasteiger partial charge in [0, 0.05) is 4.47 Å². The fourth-order valence-electron chi connectivity index (χ4n) is 1.93. The largest absolute Gasteiger partial charge is 0.324 e. The van der Waals surface area contributed by atoms with Crippen LogP contribution in [-0.4, -0.2) is 21.4 Å². The third-order valence-electron chi connectivity index (χ3n) is 3.00. The lowest BCUT2D eigenvalue weighted by atomic mass is 10.3. The van der Waals surface area contributed by atoms with Gasteiger partial charge in [0.1, 0.15) is 0 Å². The van der Waals surface area contributed by atoms with Gasteiger partial charge in [0.25, 0.3) is 0 Å².